The maximum absolute atomic E-state index is 11.9. The van der Waals surface area contributed by atoms with E-state index in [-0.39, 0.29) is 0 Å². The molecular formula is C22H19ClN4OS. The Morgan fingerprint density at radius 3 is 2.59 bits per heavy atom. The second kappa shape index (κ2) is 8.11. The highest BCUT2D eigenvalue weighted by atomic mass is 35.5. The monoisotopic (exact) mass is 422 g/mol. The van der Waals surface area contributed by atoms with Crippen molar-refractivity contribution in [1.29, 1.82) is 0 Å². The summed E-state index contributed by atoms with van der Waals surface area (Å²) < 4.78 is 2.08. The molecule has 0 aliphatic heterocycles. The van der Waals surface area contributed by atoms with Gasteiger partial charge < -0.3 is 15.6 Å². The average molecular weight is 423 g/mol. The van der Waals surface area contributed by atoms with Crippen molar-refractivity contribution in [3.05, 3.63) is 87.9 Å². The van der Waals surface area contributed by atoms with Crippen LogP contribution in [-0.4, -0.2) is 15.5 Å². The highest BCUT2D eigenvalue weighted by molar-refractivity contribution is 7.14. The van der Waals surface area contributed by atoms with Gasteiger partial charge in [-0.05, 0) is 42.8 Å². The molecule has 0 aliphatic carbocycles. The van der Waals surface area contributed by atoms with Crippen molar-refractivity contribution < 1.29 is 4.79 Å². The first-order valence-electron chi connectivity index (χ1n) is 9.03. The highest BCUT2D eigenvalue weighted by Crippen LogP contribution is 2.31. The van der Waals surface area contributed by atoms with Crippen LogP contribution in [0.2, 0.25) is 5.02 Å². The molecule has 1 amide bonds. The van der Waals surface area contributed by atoms with Crippen LogP contribution in [0.15, 0.2) is 66.0 Å². The molecule has 0 fully saturated rings. The van der Waals surface area contributed by atoms with Crippen LogP contribution >= 0.6 is 22.9 Å². The van der Waals surface area contributed by atoms with E-state index in [1.807, 2.05) is 60.8 Å². The summed E-state index contributed by atoms with van der Waals surface area (Å²) in [5.74, 6) is -0.440. The number of thiazole rings is 1. The summed E-state index contributed by atoms with van der Waals surface area (Å²) in [6.45, 7) is 2.54. The molecule has 2 aromatic heterocycles. The van der Waals surface area contributed by atoms with Crippen LogP contribution in [0.1, 0.15) is 21.6 Å². The molecule has 2 heterocycles. The van der Waals surface area contributed by atoms with Crippen LogP contribution in [0.4, 0.5) is 10.8 Å². The predicted molar refractivity (Wildman–Crippen MR) is 119 cm³/mol. The van der Waals surface area contributed by atoms with Gasteiger partial charge in [-0.2, -0.15) is 0 Å². The summed E-state index contributed by atoms with van der Waals surface area (Å²) in [7, 11) is 0. The summed E-state index contributed by atoms with van der Waals surface area (Å²) in [4.78, 5) is 16.6. The van der Waals surface area contributed by atoms with E-state index in [0.717, 1.165) is 33.5 Å². The number of primary amides is 1. The first kappa shape index (κ1) is 19.2. The lowest BCUT2D eigenvalue weighted by Gasteiger charge is -2.11. The van der Waals surface area contributed by atoms with Gasteiger partial charge in [-0.15, -0.1) is 11.3 Å². The zero-order valence-corrected chi connectivity index (χ0v) is 17.3. The molecule has 4 rings (SSSR count). The smallest absolute Gasteiger partial charge is 0.250 e. The zero-order valence-electron chi connectivity index (χ0n) is 15.7. The molecule has 146 valence electrons. The molecule has 5 nitrogen and oxygen atoms in total. The number of amides is 1. The highest BCUT2D eigenvalue weighted by Gasteiger charge is 2.19. The number of anilines is 2. The Morgan fingerprint density at radius 2 is 1.90 bits per heavy atom. The van der Waals surface area contributed by atoms with E-state index in [2.05, 4.69) is 22.0 Å². The number of nitrogens with zero attached hydrogens (tertiary/aromatic N) is 2. The molecule has 0 unspecified atom stereocenters. The fourth-order valence-corrected chi connectivity index (χ4v) is 4.03. The van der Waals surface area contributed by atoms with Gasteiger partial charge in [-0.25, -0.2) is 4.98 Å². The van der Waals surface area contributed by atoms with E-state index in [0.29, 0.717) is 17.1 Å². The Bertz CT molecular complexity index is 1150. The number of rotatable bonds is 6. The Labute approximate surface area is 177 Å². The van der Waals surface area contributed by atoms with E-state index in [9.17, 15) is 4.79 Å². The van der Waals surface area contributed by atoms with Crippen molar-refractivity contribution in [2.24, 2.45) is 5.73 Å². The lowest BCUT2D eigenvalue weighted by molar-refractivity contribution is 0.0999. The first-order chi connectivity index (χ1) is 14.0. The molecule has 0 radical (unpaired) electrons. The molecule has 0 atom stereocenters. The van der Waals surface area contributed by atoms with Gasteiger partial charge in [0, 0.05) is 28.3 Å². The Kier molecular flexibility index (Phi) is 5.38. The fourth-order valence-electron chi connectivity index (χ4n) is 3.18. The van der Waals surface area contributed by atoms with Crippen molar-refractivity contribution in [3.63, 3.8) is 0 Å². The molecule has 3 N–H and O–H groups in total. The zero-order chi connectivity index (χ0) is 20.4. The van der Waals surface area contributed by atoms with E-state index >= 15 is 0 Å². The quantitative estimate of drug-likeness (QED) is 0.433. The molecule has 7 heteroatoms. The van der Waals surface area contributed by atoms with Crippen LogP contribution in [0.5, 0.6) is 0 Å². The van der Waals surface area contributed by atoms with Crippen molar-refractivity contribution in [2.75, 3.05) is 5.32 Å². The van der Waals surface area contributed by atoms with Gasteiger partial charge in [0.25, 0.3) is 5.91 Å². The minimum Gasteiger partial charge on any atom is -0.366 e. The number of aromatic nitrogens is 2. The summed E-state index contributed by atoms with van der Waals surface area (Å²) in [6.07, 6.45) is 0. The van der Waals surface area contributed by atoms with Crippen LogP contribution in [0.3, 0.4) is 0 Å². The predicted octanol–water partition coefficient (Wildman–Crippen LogP) is 5.46. The van der Waals surface area contributed by atoms with Gasteiger partial charge in [-0.1, -0.05) is 41.9 Å². The third kappa shape index (κ3) is 4.18. The Morgan fingerprint density at radius 1 is 1.17 bits per heavy atom. The van der Waals surface area contributed by atoms with Crippen LogP contribution in [-0.2, 0) is 6.54 Å². The minimum absolute atomic E-state index is 0.440. The topological polar surface area (TPSA) is 72.9 Å². The number of hydrogen-bond acceptors (Lipinski definition) is 4. The SMILES string of the molecule is Cc1c(C(N)=O)cc(-c2csc(Nc3ccc(Cl)cc3)n2)n1Cc1ccccc1. The summed E-state index contributed by atoms with van der Waals surface area (Å²) in [5.41, 5.74) is 10.6. The lowest BCUT2D eigenvalue weighted by atomic mass is 10.2. The Balaban J connectivity index is 1.68. The molecule has 4 aromatic rings. The average Bonchev–Trinajstić information content (AvgIpc) is 3.29. The van der Waals surface area contributed by atoms with Gasteiger partial charge in [0.15, 0.2) is 5.13 Å². The van der Waals surface area contributed by atoms with Gasteiger partial charge in [0.05, 0.1) is 17.0 Å². The number of nitrogens with one attached hydrogen (secondary N) is 1. The maximum Gasteiger partial charge on any atom is 0.250 e. The van der Waals surface area contributed by atoms with Gasteiger partial charge in [-0.3, -0.25) is 4.79 Å². The molecule has 0 aliphatic rings. The van der Waals surface area contributed by atoms with Gasteiger partial charge in [0.1, 0.15) is 0 Å². The van der Waals surface area contributed by atoms with Crippen molar-refractivity contribution in [3.8, 4) is 11.4 Å². The third-order valence-electron chi connectivity index (χ3n) is 4.68. The van der Waals surface area contributed by atoms with Crippen LogP contribution in [0.25, 0.3) is 11.4 Å². The molecule has 0 bridgehead atoms. The standard InChI is InChI=1S/C22H19ClN4OS/c1-14-18(21(24)28)11-20(27(14)12-15-5-3-2-4-6-15)19-13-29-22(26-19)25-17-9-7-16(23)8-10-17/h2-11,13H,12H2,1H3,(H2,24,28)(H,25,26). The number of halogens is 1. The van der Waals surface area contributed by atoms with Crippen LogP contribution in [0, 0.1) is 6.92 Å². The molecule has 0 spiro atoms. The second-order valence-electron chi connectivity index (χ2n) is 6.63. The third-order valence-corrected chi connectivity index (χ3v) is 5.69. The number of benzene rings is 2. The number of nitrogens with two attached hydrogens (primary N) is 1. The molecular weight excluding hydrogens is 404 g/mol. The van der Waals surface area contributed by atoms with E-state index in [4.69, 9.17) is 22.3 Å². The summed E-state index contributed by atoms with van der Waals surface area (Å²) >= 11 is 7.44. The molecule has 2 aromatic carbocycles. The van der Waals surface area contributed by atoms with Crippen molar-refractivity contribution in [1.82, 2.24) is 9.55 Å². The fraction of sp³-hybridized carbons (Fsp3) is 0.0909. The van der Waals surface area contributed by atoms with Crippen LogP contribution < -0.4 is 11.1 Å². The number of hydrogen-bond donors (Lipinski definition) is 2. The van der Waals surface area contributed by atoms with E-state index in [1.165, 1.54) is 11.3 Å². The largest absolute Gasteiger partial charge is 0.366 e. The minimum atomic E-state index is -0.440. The Hall–Kier alpha value is -3.09. The molecule has 0 saturated carbocycles. The molecule has 29 heavy (non-hydrogen) atoms. The van der Waals surface area contributed by atoms with E-state index < -0.39 is 5.91 Å². The van der Waals surface area contributed by atoms with Crippen molar-refractivity contribution >= 4 is 39.7 Å². The number of carbonyl (C=O) groups excluding carboxylic acids is 1. The first-order valence-corrected chi connectivity index (χ1v) is 10.3. The maximum atomic E-state index is 11.9. The number of carbonyl (C=O) groups is 1. The molecule has 0 saturated heterocycles. The van der Waals surface area contributed by atoms with Gasteiger partial charge >= 0.3 is 0 Å². The van der Waals surface area contributed by atoms with Crippen molar-refractivity contribution in [2.45, 2.75) is 13.5 Å². The van der Waals surface area contributed by atoms with Gasteiger partial charge in [0.2, 0.25) is 0 Å². The lowest BCUT2D eigenvalue weighted by Crippen LogP contribution is -2.12. The normalized spacial score (nSPS) is 10.8. The second-order valence-corrected chi connectivity index (χ2v) is 7.93. The summed E-state index contributed by atoms with van der Waals surface area (Å²) in [6, 6.07) is 19.4. The van der Waals surface area contributed by atoms with E-state index in [1.54, 1.807) is 0 Å². The summed E-state index contributed by atoms with van der Waals surface area (Å²) in [5, 5.41) is 6.70.